The third-order valence-corrected chi connectivity index (χ3v) is 4.28. The highest BCUT2D eigenvalue weighted by molar-refractivity contribution is 5.74. The summed E-state index contributed by atoms with van der Waals surface area (Å²) < 4.78 is 32.3. The molecular formula is C22H20F2O. The molecule has 0 bridgehead atoms. The van der Waals surface area contributed by atoms with Crippen LogP contribution in [0, 0.1) is 11.6 Å². The number of ether oxygens (including phenoxy) is 1. The van der Waals surface area contributed by atoms with Crippen LogP contribution in [0.15, 0.2) is 60.7 Å². The van der Waals surface area contributed by atoms with E-state index in [0.717, 1.165) is 35.6 Å². The Bertz CT molecular complexity index is 852. The molecule has 0 aliphatic carbocycles. The highest BCUT2D eigenvalue weighted by Crippen LogP contribution is 2.34. The van der Waals surface area contributed by atoms with E-state index in [9.17, 15) is 8.78 Å². The first-order valence-electron chi connectivity index (χ1n) is 8.35. The number of hydrogen-bond donors (Lipinski definition) is 0. The van der Waals surface area contributed by atoms with E-state index < -0.39 is 11.6 Å². The van der Waals surface area contributed by atoms with Crippen LogP contribution in [0.5, 0.6) is 5.75 Å². The summed E-state index contributed by atoms with van der Waals surface area (Å²) in [6, 6.07) is 18.9. The van der Waals surface area contributed by atoms with Crippen molar-refractivity contribution in [3.63, 3.8) is 0 Å². The molecule has 128 valence electrons. The van der Waals surface area contributed by atoms with E-state index in [1.807, 2.05) is 24.3 Å². The van der Waals surface area contributed by atoms with E-state index in [4.69, 9.17) is 4.74 Å². The highest BCUT2D eigenvalue weighted by Gasteiger charge is 2.15. The lowest BCUT2D eigenvalue weighted by molar-refractivity contribution is 0.373. The maximum Gasteiger partial charge on any atom is 0.201 e. The molecule has 0 aliphatic rings. The SMILES string of the molecule is CCCc1ccc(-c2ccc(-c3ccc(F)c(F)c3OC)cc2)cc1. The molecule has 0 N–H and O–H groups in total. The van der Waals surface area contributed by atoms with Gasteiger partial charge in [-0.05, 0) is 40.8 Å². The number of benzene rings is 3. The third-order valence-electron chi connectivity index (χ3n) is 4.28. The minimum Gasteiger partial charge on any atom is -0.493 e. The molecule has 0 radical (unpaired) electrons. The van der Waals surface area contributed by atoms with Crippen LogP contribution in [0.2, 0.25) is 0 Å². The van der Waals surface area contributed by atoms with Gasteiger partial charge in [0.15, 0.2) is 11.6 Å². The predicted molar refractivity (Wildman–Crippen MR) is 97.8 cm³/mol. The fourth-order valence-electron chi connectivity index (χ4n) is 2.95. The average Bonchev–Trinajstić information content (AvgIpc) is 2.65. The summed E-state index contributed by atoms with van der Waals surface area (Å²) in [6.07, 6.45) is 2.21. The molecule has 0 amide bonds. The number of rotatable bonds is 5. The highest BCUT2D eigenvalue weighted by atomic mass is 19.2. The van der Waals surface area contributed by atoms with Crippen molar-refractivity contribution < 1.29 is 13.5 Å². The molecule has 0 spiro atoms. The Labute approximate surface area is 146 Å². The topological polar surface area (TPSA) is 9.23 Å². The van der Waals surface area contributed by atoms with Crippen molar-refractivity contribution in [2.45, 2.75) is 19.8 Å². The summed E-state index contributed by atoms with van der Waals surface area (Å²) in [6.45, 7) is 2.17. The lowest BCUT2D eigenvalue weighted by Crippen LogP contribution is -1.95. The fourth-order valence-corrected chi connectivity index (χ4v) is 2.95. The van der Waals surface area contributed by atoms with Gasteiger partial charge in [0.2, 0.25) is 5.82 Å². The predicted octanol–water partition coefficient (Wildman–Crippen LogP) is 6.26. The molecule has 0 saturated carbocycles. The number of methoxy groups -OCH3 is 1. The lowest BCUT2D eigenvalue weighted by Gasteiger charge is -2.11. The van der Waals surface area contributed by atoms with E-state index in [0.29, 0.717) is 5.56 Å². The minimum atomic E-state index is -0.962. The smallest absolute Gasteiger partial charge is 0.201 e. The van der Waals surface area contributed by atoms with E-state index in [1.165, 1.54) is 18.7 Å². The fraction of sp³-hybridized carbons (Fsp3) is 0.182. The molecule has 0 fully saturated rings. The molecule has 0 atom stereocenters. The Morgan fingerprint density at radius 1 is 0.760 bits per heavy atom. The molecule has 25 heavy (non-hydrogen) atoms. The Kier molecular flexibility index (Phi) is 5.13. The summed E-state index contributed by atoms with van der Waals surface area (Å²) in [5, 5.41) is 0. The Morgan fingerprint density at radius 2 is 1.32 bits per heavy atom. The van der Waals surface area contributed by atoms with Gasteiger partial charge >= 0.3 is 0 Å². The van der Waals surface area contributed by atoms with Gasteiger partial charge in [-0.15, -0.1) is 0 Å². The van der Waals surface area contributed by atoms with Crippen LogP contribution in [0.1, 0.15) is 18.9 Å². The first kappa shape index (κ1) is 17.2. The van der Waals surface area contributed by atoms with Crippen LogP contribution in [0.25, 0.3) is 22.3 Å². The van der Waals surface area contributed by atoms with Crippen LogP contribution in [0.3, 0.4) is 0 Å². The summed E-state index contributed by atoms with van der Waals surface area (Å²) in [7, 11) is 1.34. The molecular weight excluding hydrogens is 318 g/mol. The average molecular weight is 338 g/mol. The van der Waals surface area contributed by atoms with Crippen molar-refractivity contribution in [3.05, 3.63) is 77.9 Å². The minimum absolute atomic E-state index is 0.0725. The summed E-state index contributed by atoms with van der Waals surface area (Å²) >= 11 is 0. The van der Waals surface area contributed by atoms with Crippen LogP contribution in [0.4, 0.5) is 8.78 Å². The second-order valence-electron chi connectivity index (χ2n) is 5.97. The molecule has 1 nitrogen and oxygen atoms in total. The summed E-state index contributed by atoms with van der Waals surface area (Å²) in [5.74, 6) is -1.95. The standard InChI is InChI=1S/C22H20F2O/c1-3-4-15-5-7-16(8-6-15)17-9-11-18(12-10-17)19-13-14-20(23)21(24)22(19)25-2/h5-14H,3-4H2,1-2H3. The van der Waals surface area contributed by atoms with Crippen molar-refractivity contribution in [2.24, 2.45) is 0 Å². The van der Waals surface area contributed by atoms with Crippen molar-refractivity contribution in [1.29, 1.82) is 0 Å². The molecule has 3 aromatic carbocycles. The van der Waals surface area contributed by atoms with E-state index in [2.05, 4.69) is 31.2 Å². The quantitative estimate of drug-likeness (QED) is 0.533. The summed E-state index contributed by atoms with van der Waals surface area (Å²) in [4.78, 5) is 0. The lowest BCUT2D eigenvalue weighted by atomic mass is 9.98. The molecule has 3 heteroatoms. The number of halogens is 2. The summed E-state index contributed by atoms with van der Waals surface area (Å²) in [5.41, 5.74) is 4.85. The Balaban J connectivity index is 1.91. The zero-order valence-electron chi connectivity index (χ0n) is 14.4. The second kappa shape index (κ2) is 7.47. The van der Waals surface area contributed by atoms with Crippen molar-refractivity contribution in [1.82, 2.24) is 0 Å². The van der Waals surface area contributed by atoms with Gasteiger partial charge in [-0.1, -0.05) is 61.9 Å². The maximum atomic E-state index is 13.9. The molecule has 0 saturated heterocycles. The molecule has 0 aromatic heterocycles. The van der Waals surface area contributed by atoms with Crippen molar-refractivity contribution in [3.8, 4) is 28.0 Å². The first-order valence-corrected chi connectivity index (χ1v) is 8.35. The Morgan fingerprint density at radius 3 is 1.88 bits per heavy atom. The van der Waals surface area contributed by atoms with E-state index in [1.54, 1.807) is 0 Å². The Hall–Kier alpha value is -2.68. The van der Waals surface area contributed by atoms with Crippen molar-refractivity contribution in [2.75, 3.05) is 7.11 Å². The van der Waals surface area contributed by atoms with Crippen LogP contribution in [-0.2, 0) is 6.42 Å². The van der Waals surface area contributed by atoms with Gasteiger partial charge in [0.05, 0.1) is 7.11 Å². The van der Waals surface area contributed by atoms with Gasteiger partial charge in [-0.2, -0.15) is 4.39 Å². The van der Waals surface area contributed by atoms with Gasteiger partial charge < -0.3 is 4.74 Å². The van der Waals surface area contributed by atoms with Crippen LogP contribution in [-0.4, -0.2) is 7.11 Å². The molecule has 0 heterocycles. The van der Waals surface area contributed by atoms with Gasteiger partial charge in [0, 0.05) is 5.56 Å². The number of aryl methyl sites for hydroxylation is 1. The van der Waals surface area contributed by atoms with E-state index >= 15 is 0 Å². The zero-order valence-corrected chi connectivity index (χ0v) is 14.4. The normalized spacial score (nSPS) is 10.7. The molecule has 3 rings (SSSR count). The van der Waals surface area contributed by atoms with Crippen LogP contribution >= 0.6 is 0 Å². The molecule has 3 aromatic rings. The maximum absolute atomic E-state index is 13.9. The van der Waals surface area contributed by atoms with Gasteiger partial charge in [0.25, 0.3) is 0 Å². The third kappa shape index (κ3) is 3.55. The van der Waals surface area contributed by atoms with E-state index in [-0.39, 0.29) is 5.75 Å². The monoisotopic (exact) mass is 338 g/mol. The van der Waals surface area contributed by atoms with Gasteiger partial charge in [-0.25, -0.2) is 4.39 Å². The van der Waals surface area contributed by atoms with Gasteiger partial charge in [0.1, 0.15) is 0 Å². The van der Waals surface area contributed by atoms with Gasteiger partial charge in [-0.3, -0.25) is 0 Å². The number of hydrogen-bond acceptors (Lipinski definition) is 1. The second-order valence-corrected chi connectivity index (χ2v) is 5.97. The molecule has 0 aliphatic heterocycles. The molecule has 0 unspecified atom stereocenters. The largest absolute Gasteiger partial charge is 0.493 e. The zero-order chi connectivity index (χ0) is 17.8. The van der Waals surface area contributed by atoms with Crippen LogP contribution < -0.4 is 4.74 Å². The van der Waals surface area contributed by atoms with Crippen molar-refractivity contribution >= 4 is 0 Å². The first-order chi connectivity index (χ1) is 12.1.